The third-order valence-electron chi connectivity index (χ3n) is 3.34. The normalized spacial score (nSPS) is 20.8. The van der Waals surface area contributed by atoms with E-state index in [4.69, 9.17) is 0 Å². The summed E-state index contributed by atoms with van der Waals surface area (Å²) in [6.07, 6.45) is 0.365. The van der Waals surface area contributed by atoms with E-state index in [0.717, 1.165) is 4.31 Å². The number of β-amino-alcohol motifs (C(OH)–C–C–N with tert-alkyl or cyclic N) is 1. The predicted molar refractivity (Wildman–Crippen MR) is 71.8 cm³/mol. The van der Waals surface area contributed by atoms with E-state index in [-0.39, 0.29) is 18.0 Å². The number of hydrogen-bond donors (Lipinski definition) is 1. The Balaban J connectivity index is 2.52. The molecule has 0 saturated carbocycles. The molecule has 1 atom stereocenters. The number of hydrogen-bond acceptors (Lipinski definition) is 5. The number of nitrogens with zero attached hydrogens (tertiary/aromatic N) is 2. The highest BCUT2D eigenvalue weighted by Crippen LogP contribution is 2.31. The fourth-order valence-corrected chi connectivity index (χ4v) is 4.26. The monoisotopic (exact) mass is 300 g/mol. The Labute approximate surface area is 117 Å². The molecular weight excluding hydrogens is 284 g/mol. The highest BCUT2D eigenvalue weighted by molar-refractivity contribution is 7.89. The van der Waals surface area contributed by atoms with E-state index < -0.39 is 26.7 Å². The van der Waals surface area contributed by atoms with Gasteiger partial charge in [0.1, 0.15) is 0 Å². The zero-order chi connectivity index (χ0) is 14.9. The predicted octanol–water partition coefficient (Wildman–Crippen LogP) is 1.05. The maximum atomic E-state index is 12.6. The highest BCUT2D eigenvalue weighted by atomic mass is 32.2. The van der Waals surface area contributed by atoms with E-state index in [2.05, 4.69) is 0 Å². The molecule has 1 aromatic carbocycles. The van der Waals surface area contributed by atoms with Crippen LogP contribution >= 0.6 is 0 Å². The van der Waals surface area contributed by atoms with Crippen LogP contribution in [-0.4, -0.2) is 41.9 Å². The summed E-state index contributed by atoms with van der Waals surface area (Å²) in [4.78, 5) is 10.1. The van der Waals surface area contributed by atoms with Crippen molar-refractivity contribution in [1.29, 1.82) is 0 Å². The van der Waals surface area contributed by atoms with Gasteiger partial charge in [0.25, 0.3) is 5.69 Å². The lowest BCUT2D eigenvalue weighted by Crippen LogP contribution is -2.42. The van der Waals surface area contributed by atoms with Crippen molar-refractivity contribution in [3.05, 3.63) is 33.9 Å². The first-order valence-corrected chi connectivity index (χ1v) is 7.70. The molecular formula is C12H16N2O5S. The topological polar surface area (TPSA) is 101 Å². The van der Waals surface area contributed by atoms with Crippen LogP contribution in [0.3, 0.4) is 0 Å². The van der Waals surface area contributed by atoms with Crippen LogP contribution in [0.25, 0.3) is 0 Å². The van der Waals surface area contributed by atoms with E-state index in [1.165, 1.54) is 25.1 Å². The number of piperidine rings is 1. The van der Waals surface area contributed by atoms with Gasteiger partial charge < -0.3 is 5.11 Å². The maximum Gasteiger partial charge on any atom is 0.289 e. The van der Waals surface area contributed by atoms with Crippen LogP contribution in [0.4, 0.5) is 5.69 Å². The molecule has 1 aliphatic rings. The van der Waals surface area contributed by atoms with Crippen LogP contribution in [0.1, 0.15) is 18.4 Å². The Morgan fingerprint density at radius 2 is 2.15 bits per heavy atom. The number of benzene rings is 1. The van der Waals surface area contributed by atoms with Crippen molar-refractivity contribution in [2.24, 2.45) is 0 Å². The molecule has 1 unspecified atom stereocenters. The third kappa shape index (κ3) is 2.67. The molecule has 0 aromatic heterocycles. The van der Waals surface area contributed by atoms with Crippen LogP contribution in [-0.2, 0) is 10.0 Å². The van der Waals surface area contributed by atoms with Crippen molar-refractivity contribution in [1.82, 2.24) is 4.31 Å². The quantitative estimate of drug-likeness (QED) is 0.664. The molecule has 1 N–H and O–H groups in total. The maximum absolute atomic E-state index is 12.6. The summed E-state index contributed by atoms with van der Waals surface area (Å²) in [7, 11) is -3.97. The first kappa shape index (κ1) is 14.9. The van der Waals surface area contributed by atoms with E-state index in [1.807, 2.05) is 0 Å². The van der Waals surface area contributed by atoms with E-state index in [1.54, 1.807) is 0 Å². The standard InChI is InChI=1S/C12H16N2O5S/c1-9-4-2-6-11(14(16)17)12(9)20(18,19)13-7-3-5-10(15)8-13/h2,4,6,10,15H,3,5,7-8H2,1H3. The van der Waals surface area contributed by atoms with Gasteiger partial charge in [-0.1, -0.05) is 12.1 Å². The summed E-state index contributed by atoms with van der Waals surface area (Å²) in [6, 6.07) is 4.16. The van der Waals surface area contributed by atoms with Crippen molar-refractivity contribution in [3.63, 3.8) is 0 Å². The lowest BCUT2D eigenvalue weighted by molar-refractivity contribution is -0.387. The van der Waals surface area contributed by atoms with Crippen LogP contribution in [0.5, 0.6) is 0 Å². The summed E-state index contributed by atoms with van der Waals surface area (Å²) in [5.74, 6) is 0. The van der Waals surface area contributed by atoms with Crippen molar-refractivity contribution in [3.8, 4) is 0 Å². The minimum atomic E-state index is -3.97. The Morgan fingerprint density at radius 1 is 1.45 bits per heavy atom. The second-order valence-corrected chi connectivity index (χ2v) is 6.71. The summed E-state index contributed by atoms with van der Waals surface area (Å²) >= 11 is 0. The molecule has 0 spiro atoms. The minimum absolute atomic E-state index is 0.0200. The Hall–Kier alpha value is -1.51. The number of sulfonamides is 1. The molecule has 1 aliphatic heterocycles. The SMILES string of the molecule is Cc1cccc([N+](=O)[O-])c1S(=O)(=O)N1CCCC(O)C1. The molecule has 0 radical (unpaired) electrons. The molecule has 7 nitrogen and oxygen atoms in total. The van der Waals surface area contributed by atoms with Crippen molar-refractivity contribution >= 4 is 15.7 Å². The van der Waals surface area contributed by atoms with E-state index >= 15 is 0 Å². The number of aliphatic hydroxyl groups is 1. The van der Waals surface area contributed by atoms with E-state index in [9.17, 15) is 23.6 Å². The molecule has 8 heteroatoms. The molecule has 0 aliphatic carbocycles. The molecule has 110 valence electrons. The second-order valence-electron chi connectivity index (χ2n) is 4.84. The van der Waals surface area contributed by atoms with Gasteiger partial charge in [-0.05, 0) is 25.3 Å². The summed E-state index contributed by atoms with van der Waals surface area (Å²) < 4.78 is 26.3. The van der Waals surface area contributed by atoms with Gasteiger partial charge in [-0.15, -0.1) is 0 Å². The number of rotatable bonds is 3. The first-order valence-electron chi connectivity index (χ1n) is 6.26. The van der Waals surface area contributed by atoms with Gasteiger partial charge in [-0.3, -0.25) is 10.1 Å². The molecule has 0 amide bonds. The number of aliphatic hydroxyl groups excluding tert-OH is 1. The highest BCUT2D eigenvalue weighted by Gasteiger charge is 2.35. The fraction of sp³-hybridized carbons (Fsp3) is 0.500. The van der Waals surface area contributed by atoms with Gasteiger partial charge in [0, 0.05) is 19.2 Å². The van der Waals surface area contributed by atoms with Gasteiger partial charge in [-0.2, -0.15) is 4.31 Å². The van der Waals surface area contributed by atoms with Gasteiger partial charge in [0.2, 0.25) is 10.0 Å². The van der Waals surface area contributed by atoms with Crippen LogP contribution in [0, 0.1) is 17.0 Å². The van der Waals surface area contributed by atoms with Crippen molar-refractivity contribution in [2.75, 3.05) is 13.1 Å². The Morgan fingerprint density at radius 3 is 2.75 bits per heavy atom. The number of nitro groups is 1. The average molecular weight is 300 g/mol. The first-order chi connectivity index (χ1) is 9.34. The smallest absolute Gasteiger partial charge is 0.289 e. The molecule has 1 aromatic rings. The molecule has 0 bridgehead atoms. The zero-order valence-electron chi connectivity index (χ0n) is 11.0. The minimum Gasteiger partial charge on any atom is -0.392 e. The average Bonchev–Trinajstić information content (AvgIpc) is 2.38. The summed E-state index contributed by atoms with van der Waals surface area (Å²) in [5, 5.41) is 20.6. The number of aryl methyl sites for hydroxylation is 1. The van der Waals surface area contributed by atoms with Gasteiger partial charge in [-0.25, -0.2) is 8.42 Å². The molecule has 1 fully saturated rings. The zero-order valence-corrected chi connectivity index (χ0v) is 11.8. The third-order valence-corrected chi connectivity index (χ3v) is 5.40. The van der Waals surface area contributed by atoms with Gasteiger partial charge in [0.15, 0.2) is 4.90 Å². The summed E-state index contributed by atoms with van der Waals surface area (Å²) in [5.41, 5.74) is -0.0932. The molecule has 1 heterocycles. The van der Waals surface area contributed by atoms with Crippen LogP contribution < -0.4 is 0 Å². The van der Waals surface area contributed by atoms with Crippen LogP contribution in [0.15, 0.2) is 23.1 Å². The molecule has 2 rings (SSSR count). The van der Waals surface area contributed by atoms with E-state index in [0.29, 0.717) is 18.4 Å². The Kier molecular flexibility index (Phi) is 4.07. The van der Waals surface area contributed by atoms with Crippen molar-refractivity contribution < 1.29 is 18.4 Å². The Bertz CT molecular complexity index is 629. The second kappa shape index (κ2) is 5.47. The largest absolute Gasteiger partial charge is 0.392 e. The number of nitro benzene ring substituents is 1. The van der Waals surface area contributed by atoms with Crippen molar-refractivity contribution in [2.45, 2.75) is 30.8 Å². The summed E-state index contributed by atoms with van der Waals surface area (Å²) in [6.45, 7) is 1.78. The molecule has 20 heavy (non-hydrogen) atoms. The fourth-order valence-electron chi connectivity index (χ4n) is 2.38. The van der Waals surface area contributed by atoms with Gasteiger partial charge >= 0.3 is 0 Å². The van der Waals surface area contributed by atoms with Crippen LogP contribution in [0.2, 0.25) is 0 Å². The molecule has 1 saturated heterocycles. The van der Waals surface area contributed by atoms with Gasteiger partial charge in [0.05, 0.1) is 11.0 Å². The lowest BCUT2D eigenvalue weighted by Gasteiger charge is -2.29. The lowest BCUT2D eigenvalue weighted by atomic mass is 10.1.